The Morgan fingerprint density at radius 1 is 1.62 bits per heavy atom. The van der Waals surface area contributed by atoms with Gasteiger partial charge in [0.2, 0.25) is 0 Å². The van der Waals surface area contributed by atoms with Crippen molar-refractivity contribution >= 4 is 21.6 Å². The van der Waals surface area contributed by atoms with Gasteiger partial charge in [-0.3, -0.25) is 10.1 Å². The van der Waals surface area contributed by atoms with Gasteiger partial charge >= 0.3 is 0 Å². The molecule has 0 aliphatic rings. The van der Waals surface area contributed by atoms with Crippen molar-refractivity contribution in [1.82, 2.24) is 0 Å². The summed E-state index contributed by atoms with van der Waals surface area (Å²) in [6.45, 7) is 2.08. The molecule has 0 bridgehead atoms. The molecular formula is C8H9BrN2O2. The van der Waals surface area contributed by atoms with Crippen molar-refractivity contribution in [2.45, 2.75) is 13.5 Å². The average Bonchev–Trinajstić information content (AvgIpc) is 2.02. The van der Waals surface area contributed by atoms with Crippen LogP contribution in [0.5, 0.6) is 0 Å². The number of benzene rings is 1. The van der Waals surface area contributed by atoms with Gasteiger partial charge < -0.3 is 5.73 Å². The van der Waals surface area contributed by atoms with E-state index < -0.39 is 4.92 Å². The zero-order valence-electron chi connectivity index (χ0n) is 7.08. The van der Waals surface area contributed by atoms with Crippen LogP contribution in [0.3, 0.4) is 0 Å². The van der Waals surface area contributed by atoms with E-state index in [-0.39, 0.29) is 5.69 Å². The first-order chi connectivity index (χ1) is 6.06. The Kier molecular flexibility index (Phi) is 3.00. The molecule has 0 saturated carbocycles. The highest BCUT2D eigenvalue weighted by Gasteiger charge is 2.15. The largest absolute Gasteiger partial charge is 0.326 e. The minimum atomic E-state index is -0.403. The van der Waals surface area contributed by atoms with Crippen LogP contribution in [0.2, 0.25) is 0 Å². The molecule has 0 amide bonds. The number of rotatable bonds is 2. The summed E-state index contributed by atoms with van der Waals surface area (Å²) >= 11 is 3.14. The molecule has 1 rings (SSSR count). The molecule has 1 aromatic carbocycles. The Balaban J connectivity index is 3.31. The quantitative estimate of drug-likeness (QED) is 0.640. The first kappa shape index (κ1) is 10.1. The molecule has 0 aliphatic heterocycles. The van der Waals surface area contributed by atoms with Gasteiger partial charge in [-0.1, -0.05) is 0 Å². The van der Waals surface area contributed by atoms with Crippen LogP contribution in [-0.2, 0) is 6.54 Å². The van der Waals surface area contributed by atoms with Gasteiger partial charge in [0, 0.05) is 12.1 Å². The zero-order chi connectivity index (χ0) is 10.0. The molecule has 13 heavy (non-hydrogen) atoms. The zero-order valence-corrected chi connectivity index (χ0v) is 8.67. The second-order valence-corrected chi connectivity index (χ2v) is 3.56. The summed E-state index contributed by atoms with van der Waals surface area (Å²) < 4.78 is 0.484. The van der Waals surface area contributed by atoms with Crippen molar-refractivity contribution in [1.29, 1.82) is 0 Å². The second-order valence-electron chi connectivity index (χ2n) is 2.70. The standard InChI is InChI=1S/C8H9BrN2O2/c1-5-2-6(4-10)3-7(9)8(5)11(12)13/h2-3H,4,10H2,1H3. The average molecular weight is 245 g/mol. The minimum absolute atomic E-state index is 0.109. The smallest absolute Gasteiger partial charge is 0.286 e. The van der Waals surface area contributed by atoms with Crippen LogP contribution >= 0.6 is 15.9 Å². The number of nitro groups is 1. The number of nitro benzene ring substituents is 1. The first-order valence-electron chi connectivity index (χ1n) is 3.69. The van der Waals surface area contributed by atoms with Crippen LogP contribution in [0, 0.1) is 17.0 Å². The molecule has 70 valence electrons. The maximum atomic E-state index is 10.6. The molecule has 0 aliphatic carbocycles. The van der Waals surface area contributed by atoms with Crippen molar-refractivity contribution in [2.24, 2.45) is 5.73 Å². The van der Waals surface area contributed by atoms with E-state index in [1.54, 1.807) is 19.1 Å². The molecule has 0 fully saturated rings. The highest BCUT2D eigenvalue weighted by Crippen LogP contribution is 2.29. The number of nitrogens with two attached hydrogens (primary N) is 1. The van der Waals surface area contributed by atoms with Crippen molar-refractivity contribution < 1.29 is 4.92 Å². The van der Waals surface area contributed by atoms with Crippen LogP contribution in [-0.4, -0.2) is 4.92 Å². The fraction of sp³-hybridized carbons (Fsp3) is 0.250. The maximum absolute atomic E-state index is 10.6. The highest BCUT2D eigenvalue weighted by atomic mass is 79.9. The SMILES string of the molecule is Cc1cc(CN)cc(Br)c1[N+](=O)[O-]. The Labute approximate surface area is 84.0 Å². The highest BCUT2D eigenvalue weighted by molar-refractivity contribution is 9.10. The van der Waals surface area contributed by atoms with E-state index >= 15 is 0 Å². The predicted octanol–water partition coefficient (Wildman–Crippen LogP) is 2.12. The number of hydrogen-bond acceptors (Lipinski definition) is 3. The maximum Gasteiger partial charge on any atom is 0.286 e. The lowest BCUT2D eigenvalue weighted by molar-refractivity contribution is -0.386. The molecule has 0 heterocycles. The van der Waals surface area contributed by atoms with Crippen molar-refractivity contribution in [3.63, 3.8) is 0 Å². The predicted molar refractivity (Wildman–Crippen MR) is 53.4 cm³/mol. The molecule has 2 N–H and O–H groups in total. The monoisotopic (exact) mass is 244 g/mol. The normalized spacial score (nSPS) is 10.1. The molecule has 0 atom stereocenters. The van der Waals surface area contributed by atoms with Crippen LogP contribution in [0.15, 0.2) is 16.6 Å². The third kappa shape index (κ3) is 2.05. The molecule has 0 radical (unpaired) electrons. The van der Waals surface area contributed by atoms with Gasteiger partial charge in [0.15, 0.2) is 0 Å². The number of aryl methyl sites for hydroxylation is 1. The van der Waals surface area contributed by atoms with E-state index in [0.717, 1.165) is 5.56 Å². The fourth-order valence-electron chi connectivity index (χ4n) is 1.16. The molecule has 0 aromatic heterocycles. The Morgan fingerprint density at radius 2 is 2.23 bits per heavy atom. The van der Waals surface area contributed by atoms with E-state index in [9.17, 15) is 10.1 Å². The van der Waals surface area contributed by atoms with Crippen LogP contribution in [0.25, 0.3) is 0 Å². The van der Waals surface area contributed by atoms with Crippen molar-refractivity contribution in [3.05, 3.63) is 37.8 Å². The number of halogens is 1. The van der Waals surface area contributed by atoms with E-state index in [0.29, 0.717) is 16.6 Å². The van der Waals surface area contributed by atoms with Crippen LogP contribution in [0.1, 0.15) is 11.1 Å². The third-order valence-corrected chi connectivity index (χ3v) is 2.34. The summed E-state index contributed by atoms with van der Waals surface area (Å²) in [4.78, 5) is 10.2. The van der Waals surface area contributed by atoms with Crippen molar-refractivity contribution in [3.8, 4) is 0 Å². The van der Waals surface area contributed by atoms with Gasteiger partial charge in [0.05, 0.1) is 9.40 Å². The molecule has 0 saturated heterocycles. The van der Waals surface area contributed by atoms with Gasteiger partial charge in [-0.2, -0.15) is 0 Å². The summed E-state index contributed by atoms with van der Waals surface area (Å²) in [6, 6.07) is 3.40. The lowest BCUT2D eigenvalue weighted by Crippen LogP contribution is -1.99. The summed E-state index contributed by atoms with van der Waals surface area (Å²) in [7, 11) is 0. The first-order valence-corrected chi connectivity index (χ1v) is 4.49. The number of nitrogens with zero attached hydrogens (tertiary/aromatic N) is 1. The Hall–Kier alpha value is -0.940. The Morgan fingerprint density at radius 3 is 2.62 bits per heavy atom. The molecule has 0 unspecified atom stereocenters. The van der Waals surface area contributed by atoms with Gasteiger partial charge in [-0.15, -0.1) is 0 Å². The third-order valence-electron chi connectivity index (χ3n) is 1.73. The van der Waals surface area contributed by atoms with Gasteiger partial charge in [0.1, 0.15) is 0 Å². The Bertz CT molecular complexity index is 329. The minimum Gasteiger partial charge on any atom is -0.326 e. The molecule has 4 nitrogen and oxygen atoms in total. The molecule has 0 spiro atoms. The summed E-state index contributed by atoms with van der Waals surface area (Å²) in [5.41, 5.74) is 7.04. The summed E-state index contributed by atoms with van der Waals surface area (Å²) in [6.07, 6.45) is 0. The van der Waals surface area contributed by atoms with Gasteiger partial charge in [-0.25, -0.2) is 0 Å². The van der Waals surface area contributed by atoms with Crippen LogP contribution < -0.4 is 5.73 Å². The summed E-state index contributed by atoms with van der Waals surface area (Å²) in [5, 5.41) is 10.6. The molecule has 5 heteroatoms. The van der Waals surface area contributed by atoms with E-state index in [4.69, 9.17) is 5.73 Å². The van der Waals surface area contributed by atoms with Gasteiger partial charge in [0.25, 0.3) is 5.69 Å². The molecular weight excluding hydrogens is 236 g/mol. The lowest BCUT2D eigenvalue weighted by atomic mass is 10.1. The van der Waals surface area contributed by atoms with Gasteiger partial charge in [-0.05, 0) is 40.5 Å². The number of hydrogen-bond donors (Lipinski definition) is 1. The van der Waals surface area contributed by atoms with E-state index in [1.807, 2.05) is 0 Å². The summed E-state index contributed by atoms with van der Waals surface area (Å²) in [5.74, 6) is 0. The van der Waals surface area contributed by atoms with E-state index in [1.165, 1.54) is 0 Å². The lowest BCUT2D eigenvalue weighted by Gasteiger charge is -2.02. The topological polar surface area (TPSA) is 69.2 Å². The second kappa shape index (κ2) is 3.85. The van der Waals surface area contributed by atoms with Crippen molar-refractivity contribution in [2.75, 3.05) is 0 Å². The van der Waals surface area contributed by atoms with E-state index in [2.05, 4.69) is 15.9 Å². The van der Waals surface area contributed by atoms with Crippen LogP contribution in [0.4, 0.5) is 5.69 Å². The molecule has 1 aromatic rings. The fourth-order valence-corrected chi connectivity index (χ4v) is 1.91.